The summed E-state index contributed by atoms with van der Waals surface area (Å²) in [5.74, 6) is -0.617. The van der Waals surface area contributed by atoms with Crippen molar-refractivity contribution >= 4 is 28.7 Å². The van der Waals surface area contributed by atoms with E-state index in [0.29, 0.717) is 13.0 Å². The minimum absolute atomic E-state index is 0.0180. The molecule has 8 heteroatoms. The predicted molar refractivity (Wildman–Crippen MR) is 127 cm³/mol. The van der Waals surface area contributed by atoms with Gasteiger partial charge in [-0.05, 0) is 23.5 Å². The van der Waals surface area contributed by atoms with Gasteiger partial charge in [0, 0.05) is 26.5 Å². The zero-order valence-electron chi connectivity index (χ0n) is 19.3. The first-order valence-electron chi connectivity index (χ1n) is 10.7. The van der Waals surface area contributed by atoms with Crippen LogP contribution in [0.15, 0.2) is 29.8 Å². The summed E-state index contributed by atoms with van der Waals surface area (Å²) in [5, 5.41) is 8.44. The van der Waals surface area contributed by atoms with Gasteiger partial charge in [-0.2, -0.15) is 0 Å². The van der Waals surface area contributed by atoms with Crippen molar-refractivity contribution in [1.82, 2.24) is 9.88 Å². The number of nitrogens with zero attached hydrogens (tertiary/aromatic N) is 2. The summed E-state index contributed by atoms with van der Waals surface area (Å²) in [6.07, 6.45) is 0.349. The van der Waals surface area contributed by atoms with Crippen LogP contribution in [0.2, 0.25) is 0 Å². The summed E-state index contributed by atoms with van der Waals surface area (Å²) < 4.78 is 5.43. The van der Waals surface area contributed by atoms with Gasteiger partial charge in [0.2, 0.25) is 5.91 Å². The molecular formula is C24H32N4O3S. The second-order valence-corrected chi connectivity index (χ2v) is 10.3. The topological polar surface area (TPSA) is 109 Å². The van der Waals surface area contributed by atoms with Gasteiger partial charge in [0.05, 0.1) is 40.0 Å². The maximum Gasteiger partial charge on any atom is 0.240 e. The fourth-order valence-electron chi connectivity index (χ4n) is 3.85. The number of rotatable bonds is 7. The molecule has 0 radical (unpaired) electrons. The average Bonchev–Trinajstić information content (AvgIpc) is 3.38. The van der Waals surface area contributed by atoms with E-state index < -0.39 is 17.5 Å². The summed E-state index contributed by atoms with van der Waals surface area (Å²) in [7, 11) is 1.57. The molecule has 0 saturated carbocycles. The van der Waals surface area contributed by atoms with Crippen LogP contribution in [0.5, 0.6) is 0 Å². The van der Waals surface area contributed by atoms with Crippen molar-refractivity contribution in [3.05, 3.63) is 41.0 Å². The highest BCUT2D eigenvalue weighted by atomic mass is 32.1. The molecule has 3 rings (SSSR count). The van der Waals surface area contributed by atoms with Crippen LogP contribution in [0, 0.1) is 17.7 Å². The van der Waals surface area contributed by atoms with Crippen LogP contribution in [-0.2, 0) is 20.7 Å². The van der Waals surface area contributed by atoms with Crippen LogP contribution in [0.25, 0.3) is 10.4 Å². The van der Waals surface area contributed by atoms with Crippen molar-refractivity contribution in [3.8, 4) is 10.4 Å². The highest BCUT2D eigenvalue weighted by Gasteiger charge is 2.43. The van der Waals surface area contributed by atoms with Gasteiger partial charge in [0.25, 0.3) is 0 Å². The number of aromatic nitrogens is 1. The maximum absolute atomic E-state index is 13.2. The first-order valence-corrected chi connectivity index (χ1v) is 11.6. The number of Topliss-reactive ketones (excluding diaryl/α,β-unsaturated/α-hetero) is 1. The molecule has 3 N–H and O–H groups in total. The van der Waals surface area contributed by atoms with Gasteiger partial charge in [-0.15, -0.1) is 11.3 Å². The monoisotopic (exact) mass is 456 g/mol. The second-order valence-electron chi connectivity index (χ2n) is 9.43. The van der Waals surface area contributed by atoms with Gasteiger partial charge in [0.1, 0.15) is 0 Å². The van der Waals surface area contributed by atoms with E-state index in [9.17, 15) is 9.59 Å². The minimum atomic E-state index is -0.731. The molecule has 1 aliphatic rings. The number of hydrogen-bond donors (Lipinski definition) is 2. The highest BCUT2D eigenvalue weighted by molar-refractivity contribution is 7.13. The number of carbonyl (C=O) groups excluding carboxylic acids is 2. The smallest absolute Gasteiger partial charge is 0.240 e. The number of hydrogen-bond acceptors (Lipinski definition) is 7. The number of methoxy groups -OCH3 is 1. The van der Waals surface area contributed by atoms with E-state index in [4.69, 9.17) is 15.9 Å². The maximum atomic E-state index is 13.2. The number of likely N-dealkylation sites (tertiary alicyclic amines) is 1. The lowest BCUT2D eigenvalue weighted by Gasteiger charge is -2.32. The Morgan fingerprint density at radius 2 is 1.97 bits per heavy atom. The van der Waals surface area contributed by atoms with Crippen molar-refractivity contribution in [3.63, 3.8) is 0 Å². The minimum Gasteiger partial charge on any atom is -0.380 e. The molecule has 0 bridgehead atoms. The molecule has 1 amide bonds. The van der Waals surface area contributed by atoms with Gasteiger partial charge in [-0.3, -0.25) is 9.59 Å². The largest absolute Gasteiger partial charge is 0.380 e. The zero-order valence-corrected chi connectivity index (χ0v) is 20.2. The van der Waals surface area contributed by atoms with Crippen LogP contribution in [0.4, 0.5) is 0 Å². The molecule has 2 heterocycles. The molecule has 0 spiro atoms. The van der Waals surface area contributed by atoms with E-state index >= 15 is 0 Å². The van der Waals surface area contributed by atoms with Gasteiger partial charge in [-0.25, -0.2) is 4.98 Å². The van der Waals surface area contributed by atoms with E-state index in [0.717, 1.165) is 21.7 Å². The lowest BCUT2D eigenvalue weighted by molar-refractivity contribution is -0.139. The molecule has 2 unspecified atom stereocenters. The molecule has 7 nitrogen and oxygen atoms in total. The Balaban J connectivity index is 1.72. The molecule has 1 fully saturated rings. The van der Waals surface area contributed by atoms with Crippen LogP contribution in [-0.4, -0.2) is 59.1 Å². The Morgan fingerprint density at radius 1 is 1.31 bits per heavy atom. The number of ether oxygens (including phenoxy) is 1. The molecule has 2 aromatic rings. The quantitative estimate of drug-likeness (QED) is 0.622. The average molecular weight is 457 g/mol. The van der Waals surface area contributed by atoms with Gasteiger partial charge in [0.15, 0.2) is 5.78 Å². The van der Waals surface area contributed by atoms with E-state index in [1.54, 1.807) is 18.4 Å². The van der Waals surface area contributed by atoms with Gasteiger partial charge >= 0.3 is 0 Å². The third kappa shape index (κ3) is 5.14. The van der Waals surface area contributed by atoms with Crippen LogP contribution in [0.1, 0.15) is 38.4 Å². The van der Waals surface area contributed by atoms with Crippen molar-refractivity contribution < 1.29 is 14.3 Å². The van der Waals surface area contributed by atoms with E-state index in [1.165, 1.54) is 4.90 Å². The second kappa shape index (κ2) is 9.60. The Bertz CT molecular complexity index is 993. The molecule has 1 aromatic carbocycles. The Morgan fingerprint density at radius 3 is 2.50 bits per heavy atom. The number of thiazole rings is 1. The van der Waals surface area contributed by atoms with E-state index in [1.807, 2.05) is 57.5 Å². The summed E-state index contributed by atoms with van der Waals surface area (Å²) in [6.45, 7) is 7.98. The summed E-state index contributed by atoms with van der Waals surface area (Å²) in [6, 6.07) is 6.39. The normalized spacial score (nSPS) is 19.8. The summed E-state index contributed by atoms with van der Waals surface area (Å²) in [5.41, 5.74) is 10.5. The molecule has 0 aliphatic carbocycles. The molecule has 1 aromatic heterocycles. The number of aryl methyl sites for hydroxylation is 1. The molecule has 3 atom stereocenters. The van der Waals surface area contributed by atoms with Crippen molar-refractivity contribution in [2.45, 2.75) is 58.7 Å². The molecule has 32 heavy (non-hydrogen) atoms. The highest BCUT2D eigenvalue weighted by Crippen LogP contribution is 2.28. The lowest BCUT2D eigenvalue weighted by Crippen LogP contribution is -2.54. The fourth-order valence-corrected chi connectivity index (χ4v) is 4.67. The Hall–Kier alpha value is -2.42. The first kappa shape index (κ1) is 24.2. The predicted octanol–water partition coefficient (Wildman–Crippen LogP) is 3.24. The molecule has 172 valence electrons. The number of benzene rings is 1. The third-order valence-corrected chi connectivity index (χ3v) is 7.00. The van der Waals surface area contributed by atoms with Crippen molar-refractivity contribution in [2.24, 2.45) is 11.1 Å². The number of nitrogens with one attached hydrogen (secondary N) is 1. The van der Waals surface area contributed by atoms with Crippen molar-refractivity contribution in [2.75, 3.05) is 13.7 Å². The Labute approximate surface area is 193 Å². The SMILES string of the molecule is COC1CC(C(=O)C(=N)Cc2ccc(-c3scnc3C)cc2)N(C(=O)[C@@H](N)C(C)(C)C)C1. The lowest BCUT2D eigenvalue weighted by atomic mass is 9.86. The van der Waals surface area contributed by atoms with Crippen molar-refractivity contribution in [1.29, 1.82) is 5.41 Å². The standard InChI is InChI=1S/C24H32N4O3S/c1-14-21(32-13-27-14)16-8-6-15(7-9-16)10-18(25)20(29)19-11-17(31-5)12-28(19)23(30)22(26)24(2,3)4/h6-9,13,17,19,22,25H,10-12,26H2,1-5H3/t17?,19?,22-/m1/s1. The number of nitrogens with two attached hydrogens (primary N) is 1. The molecular weight excluding hydrogens is 424 g/mol. The van der Waals surface area contributed by atoms with Crippen LogP contribution < -0.4 is 5.73 Å². The third-order valence-electron chi connectivity index (χ3n) is 6.02. The van der Waals surface area contributed by atoms with Crippen LogP contribution >= 0.6 is 11.3 Å². The molecule has 1 aliphatic heterocycles. The summed E-state index contributed by atoms with van der Waals surface area (Å²) >= 11 is 1.59. The summed E-state index contributed by atoms with van der Waals surface area (Å²) in [4.78, 5) is 33.1. The van der Waals surface area contributed by atoms with E-state index in [-0.39, 0.29) is 29.9 Å². The van der Waals surface area contributed by atoms with Gasteiger partial charge < -0.3 is 20.8 Å². The molecule has 1 saturated heterocycles. The zero-order chi connectivity index (χ0) is 23.6. The fraction of sp³-hybridized carbons (Fsp3) is 0.500. The van der Waals surface area contributed by atoms with E-state index in [2.05, 4.69) is 4.98 Å². The number of amides is 1. The van der Waals surface area contributed by atoms with Gasteiger partial charge in [-0.1, -0.05) is 45.0 Å². The number of carbonyl (C=O) groups is 2. The number of ketones is 1. The Kier molecular flexibility index (Phi) is 7.27. The first-order chi connectivity index (χ1) is 15.0. The van der Waals surface area contributed by atoms with Crippen LogP contribution in [0.3, 0.4) is 0 Å².